The number of rotatable bonds is 5. The van der Waals surface area contributed by atoms with Gasteiger partial charge in [-0.25, -0.2) is 4.79 Å². The summed E-state index contributed by atoms with van der Waals surface area (Å²) >= 11 is 6.08. The van der Waals surface area contributed by atoms with Gasteiger partial charge < -0.3 is 14.6 Å². The zero-order valence-electron chi connectivity index (χ0n) is 12.8. The number of hydrogen-bond acceptors (Lipinski definition) is 4. The molecule has 5 heteroatoms. The smallest absolute Gasteiger partial charge is 0.331 e. The van der Waals surface area contributed by atoms with Gasteiger partial charge in [0.2, 0.25) is 0 Å². The molecule has 1 N–H and O–H groups in total. The molecule has 0 radical (unpaired) electrons. The standard InChI is InChI=1S/C18H17ClO4/c1-12(14-5-3-4-6-15(14)19)23-18(21)10-8-13-7-9-16(20)17(11-13)22-2/h3-12,20H,1-2H3/b10-8+/t12-/m0/s1. The topological polar surface area (TPSA) is 55.8 Å². The number of phenolic OH excluding ortho intramolecular Hbond substituents is 1. The molecular weight excluding hydrogens is 316 g/mol. The Morgan fingerprint density at radius 2 is 2.00 bits per heavy atom. The van der Waals surface area contributed by atoms with Crippen molar-refractivity contribution in [3.05, 3.63) is 64.7 Å². The molecule has 0 aliphatic heterocycles. The van der Waals surface area contributed by atoms with E-state index in [2.05, 4.69) is 0 Å². The third-order valence-electron chi connectivity index (χ3n) is 3.25. The van der Waals surface area contributed by atoms with Gasteiger partial charge in [0.1, 0.15) is 6.10 Å². The van der Waals surface area contributed by atoms with Crippen LogP contribution in [0.4, 0.5) is 0 Å². The first kappa shape index (κ1) is 16.9. The molecule has 0 aromatic heterocycles. The van der Waals surface area contributed by atoms with Crippen LogP contribution in [0.2, 0.25) is 5.02 Å². The minimum absolute atomic E-state index is 0.0413. The maximum absolute atomic E-state index is 11.9. The van der Waals surface area contributed by atoms with Gasteiger partial charge in [0.25, 0.3) is 0 Å². The lowest BCUT2D eigenvalue weighted by atomic mass is 10.1. The van der Waals surface area contributed by atoms with Crippen molar-refractivity contribution < 1.29 is 19.4 Å². The van der Waals surface area contributed by atoms with Gasteiger partial charge in [0, 0.05) is 16.7 Å². The largest absolute Gasteiger partial charge is 0.504 e. The summed E-state index contributed by atoms with van der Waals surface area (Å²) in [5, 5.41) is 10.1. The zero-order valence-corrected chi connectivity index (χ0v) is 13.6. The fourth-order valence-electron chi connectivity index (χ4n) is 2.04. The summed E-state index contributed by atoms with van der Waals surface area (Å²) in [5.74, 6) is -0.103. The van der Waals surface area contributed by atoms with Crippen molar-refractivity contribution in [1.29, 1.82) is 0 Å². The van der Waals surface area contributed by atoms with Gasteiger partial charge in [-0.2, -0.15) is 0 Å². The second-order valence-corrected chi connectivity index (χ2v) is 5.27. The monoisotopic (exact) mass is 332 g/mol. The lowest BCUT2D eigenvalue weighted by molar-refractivity contribution is -0.142. The molecule has 23 heavy (non-hydrogen) atoms. The Labute approximate surface area is 139 Å². The lowest BCUT2D eigenvalue weighted by Gasteiger charge is -2.13. The van der Waals surface area contributed by atoms with Crippen molar-refractivity contribution in [1.82, 2.24) is 0 Å². The normalized spacial score (nSPS) is 12.1. The molecule has 0 spiro atoms. The molecule has 0 aliphatic rings. The maximum Gasteiger partial charge on any atom is 0.331 e. The third-order valence-corrected chi connectivity index (χ3v) is 3.60. The molecule has 1 atom stereocenters. The van der Waals surface area contributed by atoms with E-state index in [0.29, 0.717) is 16.3 Å². The molecule has 0 unspecified atom stereocenters. The predicted octanol–water partition coefficient (Wildman–Crippen LogP) is 4.37. The van der Waals surface area contributed by atoms with Crippen LogP contribution in [0.5, 0.6) is 11.5 Å². The molecule has 120 valence electrons. The maximum atomic E-state index is 11.9. The van der Waals surface area contributed by atoms with Crippen LogP contribution in [0, 0.1) is 0 Å². The Morgan fingerprint density at radius 3 is 2.70 bits per heavy atom. The fraction of sp³-hybridized carbons (Fsp3) is 0.167. The summed E-state index contributed by atoms with van der Waals surface area (Å²) in [6.07, 6.45) is 2.46. The summed E-state index contributed by atoms with van der Waals surface area (Å²) in [7, 11) is 1.46. The average molecular weight is 333 g/mol. The van der Waals surface area contributed by atoms with Gasteiger partial charge in [-0.05, 0) is 36.8 Å². The Hall–Kier alpha value is -2.46. The number of hydrogen-bond donors (Lipinski definition) is 1. The van der Waals surface area contributed by atoms with Crippen LogP contribution in [-0.2, 0) is 9.53 Å². The molecule has 0 saturated heterocycles. The van der Waals surface area contributed by atoms with Crippen molar-refractivity contribution in [3.63, 3.8) is 0 Å². The number of methoxy groups -OCH3 is 1. The minimum atomic E-state index is -0.482. The Morgan fingerprint density at radius 1 is 1.26 bits per heavy atom. The molecule has 2 aromatic rings. The predicted molar refractivity (Wildman–Crippen MR) is 89.7 cm³/mol. The SMILES string of the molecule is COc1cc(/C=C/C(=O)O[C@@H](C)c2ccccc2Cl)ccc1O. The Kier molecular flexibility index (Phi) is 5.66. The molecule has 2 rings (SSSR count). The van der Waals surface area contributed by atoms with Gasteiger partial charge in [-0.15, -0.1) is 0 Å². The van der Waals surface area contributed by atoms with Gasteiger partial charge in [0.05, 0.1) is 7.11 Å². The summed E-state index contributed by atoms with van der Waals surface area (Å²) in [6.45, 7) is 1.76. The van der Waals surface area contributed by atoms with E-state index in [9.17, 15) is 9.90 Å². The van der Waals surface area contributed by atoms with Crippen LogP contribution in [-0.4, -0.2) is 18.2 Å². The quantitative estimate of drug-likeness (QED) is 0.652. The van der Waals surface area contributed by atoms with Crippen LogP contribution in [0.1, 0.15) is 24.2 Å². The highest BCUT2D eigenvalue weighted by molar-refractivity contribution is 6.31. The number of halogens is 1. The van der Waals surface area contributed by atoms with Crippen LogP contribution < -0.4 is 4.74 Å². The van der Waals surface area contributed by atoms with E-state index < -0.39 is 12.1 Å². The second kappa shape index (κ2) is 7.70. The number of carbonyl (C=O) groups excluding carboxylic acids is 1. The van der Waals surface area contributed by atoms with Crippen LogP contribution in [0.3, 0.4) is 0 Å². The molecule has 4 nitrogen and oxygen atoms in total. The van der Waals surface area contributed by atoms with E-state index in [0.717, 1.165) is 5.56 Å². The average Bonchev–Trinajstić information content (AvgIpc) is 2.54. The highest BCUT2D eigenvalue weighted by atomic mass is 35.5. The Balaban J connectivity index is 2.03. The molecule has 0 heterocycles. The Bertz CT molecular complexity index is 725. The lowest BCUT2D eigenvalue weighted by Crippen LogP contribution is -2.06. The minimum Gasteiger partial charge on any atom is -0.504 e. The third kappa shape index (κ3) is 4.50. The van der Waals surface area contributed by atoms with Gasteiger partial charge in [0.15, 0.2) is 11.5 Å². The highest BCUT2D eigenvalue weighted by Gasteiger charge is 2.12. The summed E-state index contributed by atoms with van der Waals surface area (Å²) in [5.41, 5.74) is 1.46. The number of carbonyl (C=O) groups is 1. The molecule has 0 bridgehead atoms. The fourth-order valence-corrected chi connectivity index (χ4v) is 2.33. The first-order valence-electron chi connectivity index (χ1n) is 7.01. The van der Waals surface area contributed by atoms with Crippen molar-refractivity contribution in [2.75, 3.05) is 7.11 Å². The summed E-state index contributed by atoms with van der Waals surface area (Å²) < 4.78 is 10.3. The van der Waals surface area contributed by atoms with Crippen LogP contribution in [0.25, 0.3) is 6.08 Å². The van der Waals surface area contributed by atoms with Crippen LogP contribution in [0.15, 0.2) is 48.5 Å². The number of phenols is 1. The molecule has 2 aromatic carbocycles. The van der Waals surface area contributed by atoms with Crippen molar-refractivity contribution in [2.45, 2.75) is 13.0 Å². The first-order chi connectivity index (χ1) is 11.0. The highest BCUT2D eigenvalue weighted by Crippen LogP contribution is 2.27. The second-order valence-electron chi connectivity index (χ2n) is 4.87. The van der Waals surface area contributed by atoms with E-state index in [1.165, 1.54) is 19.3 Å². The van der Waals surface area contributed by atoms with Gasteiger partial charge in [-0.3, -0.25) is 0 Å². The van der Waals surface area contributed by atoms with E-state index in [4.69, 9.17) is 21.1 Å². The molecule has 0 fully saturated rings. The molecule has 0 amide bonds. The number of aromatic hydroxyl groups is 1. The van der Waals surface area contributed by atoms with Gasteiger partial charge in [-0.1, -0.05) is 35.9 Å². The molecular formula is C18H17ClO4. The van der Waals surface area contributed by atoms with E-state index in [1.54, 1.807) is 31.2 Å². The van der Waals surface area contributed by atoms with E-state index >= 15 is 0 Å². The van der Waals surface area contributed by atoms with Crippen molar-refractivity contribution >= 4 is 23.6 Å². The van der Waals surface area contributed by atoms with Crippen molar-refractivity contribution in [3.8, 4) is 11.5 Å². The molecule has 0 saturated carbocycles. The first-order valence-corrected chi connectivity index (χ1v) is 7.39. The number of ether oxygens (including phenoxy) is 2. The zero-order chi connectivity index (χ0) is 16.8. The summed E-state index contributed by atoms with van der Waals surface area (Å²) in [6, 6.07) is 12.0. The van der Waals surface area contributed by atoms with E-state index in [1.807, 2.05) is 18.2 Å². The van der Waals surface area contributed by atoms with E-state index in [-0.39, 0.29) is 5.75 Å². The summed E-state index contributed by atoms with van der Waals surface area (Å²) in [4.78, 5) is 11.9. The van der Waals surface area contributed by atoms with Crippen LogP contribution >= 0.6 is 11.6 Å². The number of esters is 1. The molecule has 0 aliphatic carbocycles. The van der Waals surface area contributed by atoms with Gasteiger partial charge >= 0.3 is 5.97 Å². The van der Waals surface area contributed by atoms with Crippen molar-refractivity contribution in [2.24, 2.45) is 0 Å². The number of benzene rings is 2.